The lowest BCUT2D eigenvalue weighted by Gasteiger charge is -2.45. The molecule has 0 amide bonds. The van der Waals surface area contributed by atoms with Crippen molar-refractivity contribution in [3.05, 3.63) is 35.9 Å². The van der Waals surface area contributed by atoms with Gasteiger partial charge >= 0.3 is 0 Å². The second-order valence-corrected chi connectivity index (χ2v) is 6.76. The van der Waals surface area contributed by atoms with E-state index in [4.69, 9.17) is 0 Å². The van der Waals surface area contributed by atoms with E-state index in [9.17, 15) is 5.11 Å². The number of likely N-dealkylation sites (tertiary alicyclic amines) is 1. The molecule has 19 heavy (non-hydrogen) atoms. The van der Waals surface area contributed by atoms with Crippen LogP contribution in [-0.4, -0.2) is 24.2 Å². The third kappa shape index (κ3) is 3.01. The summed E-state index contributed by atoms with van der Waals surface area (Å²) in [6.45, 7) is 11.3. The number of nitrogens with one attached hydrogen (secondary N) is 1. The van der Waals surface area contributed by atoms with Gasteiger partial charge in [-0.2, -0.15) is 0 Å². The Balaban J connectivity index is 2.18. The summed E-state index contributed by atoms with van der Waals surface area (Å²) < 4.78 is 0. The summed E-state index contributed by atoms with van der Waals surface area (Å²) in [5, 5.41) is 11.1. The van der Waals surface area contributed by atoms with Crippen LogP contribution in [-0.2, 0) is 5.60 Å². The summed E-state index contributed by atoms with van der Waals surface area (Å²) in [5.74, 6) is 1.02. The molecule has 1 saturated heterocycles. The zero-order valence-corrected chi connectivity index (χ0v) is 12.7. The topological polar surface area (TPSA) is 24.7 Å². The van der Waals surface area contributed by atoms with Crippen LogP contribution in [0.4, 0.5) is 0 Å². The van der Waals surface area contributed by atoms with Crippen LogP contribution in [0.25, 0.3) is 0 Å². The molecule has 0 radical (unpaired) electrons. The fourth-order valence-corrected chi connectivity index (χ4v) is 3.51. The Morgan fingerprint density at radius 1 is 1.26 bits per heavy atom. The maximum Gasteiger partial charge on any atom is 0.103 e. The van der Waals surface area contributed by atoms with Crippen molar-refractivity contribution in [2.45, 2.75) is 45.8 Å². The molecule has 2 nitrogen and oxygen atoms in total. The Hall–Kier alpha value is -0.860. The van der Waals surface area contributed by atoms with Crippen LogP contribution in [0.3, 0.4) is 0 Å². The van der Waals surface area contributed by atoms with Gasteiger partial charge in [-0.3, -0.25) is 0 Å². The predicted molar refractivity (Wildman–Crippen MR) is 79.1 cm³/mol. The molecule has 2 rings (SSSR count). The highest BCUT2D eigenvalue weighted by Gasteiger charge is 2.45. The van der Waals surface area contributed by atoms with Crippen LogP contribution >= 0.6 is 0 Å². The molecule has 2 heteroatoms. The molecule has 1 unspecified atom stereocenters. The second kappa shape index (κ2) is 5.64. The summed E-state index contributed by atoms with van der Waals surface area (Å²) in [5.41, 5.74) is 0.430. The molecule has 0 bridgehead atoms. The van der Waals surface area contributed by atoms with Gasteiger partial charge < -0.3 is 10.0 Å². The number of piperidine rings is 1. The molecule has 0 aliphatic carbocycles. The first-order valence-electron chi connectivity index (χ1n) is 7.56. The molecular weight excluding hydrogens is 234 g/mol. The lowest BCUT2D eigenvalue weighted by Crippen LogP contribution is -3.18. The number of rotatable bonds is 3. The van der Waals surface area contributed by atoms with Gasteiger partial charge in [-0.15, -0.1) is 0 Å². The Bertz CT molecular complexity index is 403. The zero-order valence-electron chi connectivity index (χ0n) is 12.7. The van der Waals surface area contributed by atoms with E-state index in [0.29, 0.717) is 17.9 Å². The summed E-state index contributed by atoms with van der Waals surface area (Å²) in [6.07, 6.45) is 0.861. The van der Waals surface area contributed by atoms with Crippen molar-refractivity contribution in [1.82, 2.24) is 0 Å². The maximum atomic E-state index is 11.1. The first-order valence-corrected chi connectivity index (χ1v) is 7.56. The van der Waals surface area contributed by atoms with Gasteiger partial charge in [0.2, 0.25) is 0 Å². The lowest BCUT2D eigenvalue weighted by atomic mass is 9.74. The third-order valence-electron chi connectivity index (χ3n) is 4.64. The van der Waals surface area contributed by atoms with Crippen LogP contribution < -0.4 is 4.90 Å². The minimum absolute atomic E-state index is 0.305. The van der Waals surface area contributed by atoms with Crippen LogP contribution in [0.2, 0.25) is 0 Å². The quantitative estimate of drug-likeness (QED) is 0.854. The molecule has 0 aromatic heterocycles. The maximum absolute atomic E-state index is 11.1. The average molecular weight is 262 g/mol. The molecule has 1 aliphatic heterocycles. The monoisotopic (exact) mass is 262 g/mol. The highest BCUT2D eigenvalue weighted by Crippen LogP contribution is 2.35. The third-order valence-corrected chi connectivity index (χ3v) is 4.64. The van der Waals surface area contributed by atoms with Crippen molar-refractivity contribution in [3.8, 4) is 0 Å². The molecule has 0 saturated carbocycles. The van der Waals surface area contributed by atoms with Crippen molar-refractivity contribution in [1.29, 1.82) is 0 Å². The molecular formula is C17H28NO+. The molecule has 1 fully saturated rings. The standard InChI is InChI=1S/C17H27NO/c1-13(2)11-18-12-14(3)17(19,10-15(18)4)16-8-6-5-7-9-16/h5-9,13-15,19H,10-12H2,1-4H3/p+1/t14-,15+,17+/m1/s1. The van der Waals surface area contributed by atoms with Crippen LogP contribution in [0.15, 0.2) is 30.3 Å². The molecule has 1 aromatic rings. The Labute approximate surface area is 117 Å². The van der Waals surface area contributed by atoms with Gasteiger partial charge in [-0.25, -0.2) is 0 Å². The van der Waals surface area contributed by atoms with E-state index >= 15 is 0 Å². The van der Waals surface area contributed by atoms with Gasteiger partial charge in [0.05, 0.1) is 19.1 Å². The normalized spacial score (nSPS) is 35.6. The van der Waals surface area contributed by atoms with Crippen molar-refractivity contribution in [2.75, 3.05) is 13.1 Å². The predicted octanol–water partition coefficient (Wildman–Crippen LogP) is 1.84. The molecule has 106 valence electrons. The van der Waals surface area contributed by atoms with Crippen molar-refractivity contribution >= 4 is 0 Å². The zero-order chi connectivity index (χ0) is 14.0. The van der Waals surface area contributed by atoms with Gasteiger partial charge in [-0.1, -0.05) is 51.1 Å². The molecule has 1 heterocycles. The summed E-state index contributed by atoms with van der Waals surface area (Å²) in [4.78, 5) is 1.64. The largest absolute Gasteiger partial charge is 0.384 e. The fraction of sp³-hybridized carbons (Fsp3) is 0.647. The van der Waals surface area contributed by atoms with Gasteiger partial charge in [0.15, 0.2) is 0 Å². The molecule has 1 aliphatic rings. The summed E-state index contributed by atoms with van der Waals surface area (Å²) >= 11 is 0. The van der Waals surface area contributed by atoms with Gasteiger partial charge in [-0.05, 0) is 12.5 Å². The summed E-state index contributed by atoms with van der Waals surface area (Å²) in [6, 6.07) is 10.7. The first-order chi connectivity index (χ1) is 8.93. The number of hydrogen-bond acceptors (Lipinski definition) is 1. The number of aliphatic hydroxyl groups is 1. The van der Waals surface area contributed by atoms with E-state index in [1.807, 2.05) is 18.2 Å². The minimum Gasteiger partial charge on any atom is -0.384 e. The Morgan fingerprint density at radius 3 is 2.47 bits per heavy atom. The van der Waals surface area contributed by atoms with E-state index in [1.165, 1.54) is 6.54 Å². The molecule has 1 aromatic carbocycles. The molecule has 2 N–H and O–H groups in total. The van der Waals surface area contributed by atoms with Crippen molar-refractivity contribution in [3.63, 3.8) is 0 Å². The smallest absolute Gasteiger partial charge is 0.103 e. The Morgan fingerprint density at radius 2 is 1.89 bits per heavy atom. The van der Waals surface area contributed by atoms with E-state index < -0.39 is 5.60 Å². The van der Waals surface area contributed by atoms with E-state index in [1.54, 1.807) is 4.90 Å². The highest BCUT2D eigenvalue weighted by atomic mass is 16.3. The Kier molecular flexibility index (Phi) is 4.32. The van der Waals surface area contributed by atoms with E-state index in [0.717, 1.165) is 18.5 Å². The highest BCUT2D eigenvalue weighted by molar-refractivity contribution is 5.23. The van der Waals surface area contributed by atoms with Crippen LogP contribution in [0.5, 0.6) is 0 Å². The molecule has 4 atom stereocenters. The number of benzene rings is 1. The van der Waals surface area contributed by atoms with Crippen molar-refractivity contribution in [2.24, 2.45) is 11.8 Å². The fourth-order valence-electron chi connectivity index (χ4n) is 3.51. The molecule has 0 spiro atoms. The lowest BCUT2D eigenvalue weighted by molar-refractivity contribution is -0.938. The average Bonchev–Trinajstić information content (AvgIpc) is 2.36. The SMILES string of the molecule is CC(C)C[NH+]1C[C@@H](C)[C@](O)(c2ccccc2)C[C@@H]1C. The second-order valence-electron chi connectivity index (χ2n) is 6.76. The van der Waals surface area contributed by atoms with Gasteiger partial charge in [0.25, 0.3) is 0 Å². The van der Waals surface area contributed by atoms with Gasteiger partial charge in [0.1, 0.15) is 5.60 Å². The minimum atomic E-state index is -0.652. The van der Waals surface area contributed by atoms with Crippen molar-refractivity contribution < 1.29 is 10.0 Å². The number of hydrogen-bond donors (Lipinski definition) is 2. The van der Waals surface area contributed by atoms with Gasteiger partial charge in [0, 0.05) is 18.3 Å². The number of quaternary nitrogens is 1. The summed E-state index contributed by atoms with van der Waals surface area (Å²) in [7, 11) is 0. The first kappa shape index (κ1) is 14.5. The van der Waals surface area contributed by atoms with Crippen LogP contribution in [0, 0.1) is 11.8 Å². The van der Waals surface area contributed by atoms with E-state index in [2.05, 4.69) is 39.8 Å². The van der Waals surface area contributed by atoms with E-state index in [-0.39, 0.29) is 0 Å². The van der Waals surface area contributed by atoms with Crippen LogP contribution in [0.1, 0.15) is 39.7 Å².